The average Bonchev–Trinajstić information content (AvgIpc) is 3.40. The maximum Gasteiger partial charge on any atom is 0.158 e. The minimum absolute atomic E-state index is 0.763. The number of nitrogens with one attached hydrogen (secondary N) is 1. The Kier molecular flexibility index (Phi) is 4.27. The lowest BCUT2D eigenvalue weighted by atomic mass is 10.1. The number of hydrogen-bond donors (Lipinski definition) is 1. The normalized spacial score (nSPS) is 11.0. The zero-order valence-corrected chi connectivity index (χ0v) is 14.8. The molecule has 0 saturated heterocycles. The number of ether oxygens (including phenoxy) is 1. The van der Waals surface area contributed by atoms with Crippen molar-refractivity contribution in [1.29, 1.82) is 0 Å². The molecule has 0 fully saturated rings. The monoisotopic (exact) mass is 348 g/mol. The van der Waals surface area contributed by atoms with Gasteiger partial charge in [-0.25, -0.2) is 15.0 Å². The van der Waals surface area contributed by atoms with Gasteiger partial charge in [0.2, 0.25) is 0 Å². The molecule has 0 unspecified atom stereocenters. The van der Waals surface area contributed by atoms with E-state index >= 15 is 0 Å². The predicted octanol–water partition coefficient (Wildman–Crippen LogP) is 2.93. The number of methoxy groups -OCH3 is 1. The van der Waals surface area contributed by atoms with Crippen molar-refractivity contribution in [3.05, 3.63) is 61.2 Å². The molecule has 4 aromatic rings. The van der Waals surface area contributed by atoms with Gasteiger partial charge in [0.15, 0.2) is 5.82 Å². The summed E-state index contributed by atoms with van der Waals surface area (Å²) in [5.41, 5.74) is 2.93. The molecular formula is C19H20N6O. The van der Waals surface area contributed by atoms with Gasteiger partial charge in [0, 0.05) is 50.4 Å². The summed E-state index contributed by atoms with van der Waals surface area (Å²) in [7, 11) is 3.65. The van der Waals surface area contributed by atoms with E-state index in [9.17, 15) is 0 Å². The lowest BCUT2D eigenvalue weighted by molar-refractivity contribution is 0.415. The molecule has 132 valence electrons. The molecular weight excluding hydrogens is 328 g/mol. The van der Waals surface area contributed by atoms with Crippen LogP contribution in [0.25, 0.3) is 22.8 Å². The van der Waals surface area contributed by atoms with Gasteiger partial charge < -0.3 is 18.9 Å². The third-order valence-electron chi connectivity index (χ3n) is 4.38. The van der Waals surface area contributed by atoms with Gasteiger partial charge in [0.05, 0.1) is 19.1 Å². The zero-order valence-electron chi connectivity index (χ0n) is 14.8. The van der Waals surface area contributed by atoms with Gasteiger partial charge in [-0.3, -0.25) is 0 Å². The zero-order chi connectivity index (χ0) is 17.9. The van der Waals surface area contributed by atoms with Gasteiger partial charge in [0.25, 0.3) is 0 Å². The fourth-order valence-corrected chi connectivity index (χ4v) is 3.00. The van der Waals surface area contributed by atoms with Crippen molar-refractivity contribution in [2.75, 3.05) is 7.11 Å². The Morgan fingerprint density at radius 3 is 2.58 bits per heavy atom. The topological polar surface area (TPSA) is 73.6 Å². The van der Waals surface area contributed by atoms with E-state index in [2.05, 4.69) is 24.5 Å². The predicted molar refractivity (Wildman–Crippen MR) is 98.7 cm³/mol. The Bertz CT molecular complexity index is 982. The van der Waals surface area contributed by atoms with Crippen LogP contribution in [-0.4, -0.2) is 36.2 Å². The average molecular weight is 348 g/mol. The van der Waals surface area contributed by atoms with Crippen LogP contribution in [0.5, 0.6) is 5.75 Å². The first kappa shape index (κ1) is 16.1. The Labute approximate surface area is 151 Å². The first-order valence-electron chi connectivity index (χ1n) is 8.42. The molecule has 7 heteroatoms. The summed E-state index contributed by atoms with van der Waals surface area (Å²) in [5, 5.41) is 0. The molecule has 0 aliphatic heterocycles. The minimum Gasteiger partial charge on any atom is -0.497 e. The molecule has 7 nitrogen and oxygen atoms in total. The summed E-state index contributed by atoms with van der Waals surface area (Å²) in [5.74, 6) is 2.66. The van der Waals surface area contributed by atoms with Crippen LogP contribution in [0.3, 0.4) is 0 Å². The highest BCUT2D eigenvalue weighted by atomic mass is 16.5. The third kappa shape index (κ3) is 2.99. The quantitative estimate of drug-likeness (QED) is 0.581. The summed E-state index contributed by atoms with van der Waals surface area (Å²) in [4.78, 5) is 16.7. The number of hydrogen-bond acceptors (Lipinski definition) is 4. The Hall–Kier alpha value is -3.35. The van der Waals surface area contributed by atoms with E-state index in [0.717, 1.165) is 47.3 Å². The fraction of sp³-hybridized carbons (Fsp3) is 0.211. The number of aryl methyl sites for hydroxylation is 3. The van der Waals surface area contributed by atoms with Crippen molar-refractivity contribution in [3.8, 4) is 28.5 Å². The van der Waals surface area contributed by atoms with Crippen LogP contribution in [0.1, 0.15) is 5.82 Å². The molecule has 0 aliphatic carbocycles. The van der Waals surface area contributed by atoms with Gasteiger partial charge in [-0.15, -0.1) is 0 Å². The molecule has 0 saturated carbocycles. The molecule has 0 aliphatic rings. The number of H-pyrrole nitrogens is 1. The van der Waals surface area contributed by atoms with Crippen LogP contribution in [-0.2, 0) is 20.0 Å². The number of benzene rings is 1. The molecule has 0 atom stereocenters. The second kappa shape index (κ2) is 6.87. The van der Waals surface area contributed by atoms with E-state index in [-0.39, 0.29) is 0 Å². The van der Waals surface area contributed by atoms with E-state index in [4.69, 9.17) is 4.74 Å². The van der Waals surface area contributed by atoms with Gasteiger partial charge in [-0.1, -0.05) is 0 Å². The number of nitrogens with zero attached hydrogens (tertiary/aromatic N) is 5. The summed E-state index contributed by atoms with van der Waals surface area (Å²) >= 11 is 0. The van der Waals surface area contributed by atoms with Gasteiger partial charge in [-0.05, 0) is 24.3 Å². The van der Waals surface area contributed by atoms with Crippen molar-refractivity contribution in [2.45, 2.75) is 13.0 Å². The maximum absolute atomic E-state index is 5.26. The van der Waals surface area contributed by atoms with Gasteiger partial charge in [-0.2, -0.15) is 0 Å². The third-order valence-corrected chi connectivity index (χ3v) is 4.38. The summed E-state index contributed by atoms with van der Waals surface area (Å²) < 4.78 is 9.40. The lowest BCUT2D eigenvalue weighted by Crippen LogP contribution is -2.06. The molecule has 1 aromatic carbocycles. The second-order valence-electron chi connectivity index (χ2n) is 6.01. The van der Waals surface area contributed by atoms with Crippen molar-refractivity contribution in [2.24, 2.45) is 7.05 Å². The van der Waals surface area contributed by atoms with Crippen LogP contribution < -0.4 is 4.74 Å². The molecule has 3 aromatic heterocycles. The van der Waals surface area contributed by atoms with E-state index in [1.807, 2.05) is 54.6 Å². The van der Waals surface area contributed by atoms with Crippen molar-refractivity contribution in [3.63, 3.8) is 0 Å². The van der Waals surface area contributed by atoms with Crippen LogP contribution >= 0.6 is 0 Å². The molecule has 3 heterocycles. The lowest BCUT2D eigenvalue weighted by Gasteiger charge is -2.10. The standard InChI is InChI=1S/C19H20N6O/c1-24-12-10-22-19(24)18-17(14-3-5-15(26-2)6-4-14)23-13-25(18)11-7-16-20-8-9-21-16/h3-6,8-10,12-13H,7,11H2,1-2H3,(H,20,21). The van der Waals surface area contributed by atoms with E-state index in [1.54, 1.807) is 19.5 Å². The second-order valence-corrected chi connectivity index (χ2v) is 6.01. The molecule has 0 spiro atoms. The minimum atomic E-state index is 0.763. The van der Waals surface area contributed by atoms with Gasteiger partial charge >= 0.3 is 0 Å². The SMILES string of the molecule is COc1ccc(-c2ncn(CCc3ncc[nH]3)c2-c2nccn2C)cc1. The Balaban J connectivity index is 1.74. The molecule has 26 heavy (non-hydrogen) atoms. The fourth-order valence-electron chi connectivity index (χ4n) is 3.00. The molecule has 0 radical (unpaired) electrons. The number of aromatic nitrogens is 6. The number of rotatable bonds is 6. The van der Waals surface area contributed by atoms with Crippen molar-refractivity contribution < 1.29 is 4.74 Å². The van der Waals surface area contributed by atoms with Crippen LogP contribution in [0, 0.1) is 0 Å². The van der Waals surface area contributed by atoms with Crippen molar-refractivity contribution >= 4 is 0 Å². The summed E-state index contributed by atoms with van der Waals surface area (Å²) in [6, 6.07) is 7.92. The highest BCUT2D eigenvalue weighted by Gasteiger charge is 2.18. The Morgan fingerprint density at radius 1 is 1.08 bits per heavy atom. The summed E-state index contributed by atoms with van der Waals surface area (Å²) in [6.07, 6.45) is 10.0. The van der Waals surface area contributed by atoms with E-state index < -0.39 is 0 Å². The van der Waals surface area contributed by atoms with Crippen LogP contribution in [0.4, 0.5) is 0 Å². The van der Waals surface area contributed by atoms with Crippen molar-refractivity contribution in [1.82, 2.24) is 29.1 Å². The first-order chi connectivity index (χ1) is 12.8. The molecule has 4 rings (SSSR count). The number of aromatic amines is 1. The first-order valence-corrected chi connectivity index (χ1v) is 8.42. The summed E-state index contributed by atoms with van der Waals surface area (Å²) in [6.45, 7) is 0.763. The Morgan fingerprint density at radius 2 is 1.92 bits per heavy atom. The smallest absolute Gasteiger partial charge is 0.158 e. The highest BCUT2D eigenvalue weighted by Crippen LogP contribution is 2.31. The van der Waals surface area contributed by atoms with Crippen LogP contribution in [0.15, 0.2) is 55.4 Å². The highest BCUT2D eigenvalue weighted by molar-refractivity contribution is 5.75. The molecule has 1 N–H and O–H groups in total. The molecule has 0 bridgehead atoms. The largest absolute Gasteiger partial charge is 0.497 e. The van der Waals surface area contributed by atoms with Gasteiger partial charge in [0.1, 0.15) is 17.3 Å². The maximum atomic E-state index is 5.26. The van der Waals surface area contributed by atoms with E-state index in [1.165, 1.54) is 0 Å². The molecule has 0 amide bonds. The number of imidazole rings is 3. The van der Waals surface area contributed by atoms with E-state index in [0.29, 0.717) is 0 Å². The van der Waals surface area contributed by atoms with Crippen LogP contribution in [0.2, 0.25) is 0 Å².